The first-order valence-corrected chi connectivity index (χ1v) is 7.96. The third-order valence-electron chi connectivity index (χ3n) is 5.42. The molecule has 2 aliphatic carbocycles. The molecular weight excluding hydrogens is 222 g/mol. The predicted octanol–water partition coefficient (Wildman–Crippen LogP) is 3.46. The van der Waals surface area contributed by atoms with E-state index in [0.29, 0.717) is 11.5 Å². The molecule has 0 atom stereocenters. The predicted molar refractivity (Wildman–Crippen MR) is 74.7 cm³/mol. The van der Waals surface area contributed by atoms with Gasteiger partial charge in [-0.05, 0) is 57.9 Å². The lowest BCUT2D eigenvalue weighted by molar-refractivity contribution is 0.0323. The molecule has 104 valence electrons. The van der Waals surface area contributed by atoms with Crippen LogP contribution in [-0.4, -0.2) is 37.2 Å². The molecule has 2 saturated carbocycles. The molecule has 0 aromatic rings. The number of nitrogens with zero attached hydrogens (tertiary/aromatic N) is 1. The molecule has 1 spiro atoms. The van der Waals surface area contributed by atoms with Crippen LogP contribution in [0, 0.1) is 10.8 Å². The number of likely N-dealkylation sites (tertiary alicyclic amines) is 1. The Hall–Kier alpha value is -0.0800. The van der Waals surface area contributed by atoms with Crippen LogP contribution in [0.5, 0.6) is 0 Å². The highest BCUT2D eigenvalue weighted by Crippen LogP contribution is 2.50. The van der Waals surface area contributed by atoms with Crippen molar-refractivity contribution in [2.45, 2.75) is 64.9 Å². The molecule has 0 N–H and O–H groups in total. The molecule has 0 radical (unpaired) electrons. The summed E-state index contributed by atoms with van der Waals surface area (Å²) >= 11 is 0. The lowest BCUT2D eigenvalue weighted by Gasteiger charge is -2.27. The lowest BCUT2D eigenvalue weighted by atomic mass is 9.86. The standard InChI is InChI=1S/C16H29NO/c1-14(2)18-13-16(7-8-16)12-17-10-9-15(11-17)5-3-4-6-15/h14H,3-13H2,1-2H3. The Balaban J connectivity index is 1.49. The average molecular weight is 251 g/mol. The minimum atomic E-state index is 0.391. The summed E-state index contributed by atoms with van der Waals surface area (Å²) in [4.78, 5) is 2.75. The third kappa shape index (κ3) is 2.75. The molecule has 3 rings (SSSR count). The molecular formula is C16H29NO. The normalized spacial score (nSPS) is 29.5. The SMILES string of the molecule is CC(C)OCC1(CN2CCC3(CCCC3)C2)CC1. The molecule has 3 fully saturated rings. The van der Waals surface area contributed by atoms with Gasteiger partial charge in [0.2, 0.25) is 0 Å². The summed E-state index contributed by atoms with van der Waals surface area (Å²) in [5.74, 6) is 0. The monoisotopic (exact) mass is 251 g/mol. The zero-order valence-corrected chi connectivity index (χ0v) is 12.2. The Morgan fingerprint density at radius 3 is 2.39 bits per heavy atom. The minimum absolute atomic E-state index is 0.391. The first-order chi connectivity index (χ1) is 8.62. The summed E-state index contributed by atoms with van der Waals surface area (Å²) in [6, 6.07) is 0. The number of rotatable bonds is 5. The fraction of sp³-hybridized carbons (Fsp3) is 1.00. The molecule has 1 aliphatic heterocycles. The fourth-order valence-electron chi connectivity index (χ4n) is 4.04. The first-order valence-electron chi connectivity index (χ1n) is 7.96. The van der Waals surface area contributed by atoms with Crippen molar-refractivity contribution in [2.24, 2.45) is 10.8 Å². The van der Waals surface area contributed by atoms with Crippen molar-refractivity contribution >= 4 is 0 Å². The molecule has 0 bridgehead atoms. The van der Waals surface area contributed by atoms with Crippen LogP contribution in [0.15, 0.2) is 0 Å². The molecule has 2 nitrogen and oxygen atoms in total. The van der Waals surface area contributed by atoms with Gasteiger partial charge in [-0.1, -0.05) is 12.8 Å². The highest BCUT2D eigenvalue weighted by molar-refractivity contribution is 5.00. The fourth-order valence-corrected chi connectivity index (χ4v) is 4.04. The first kappa shape index (κ1) is 12.9. The molecule has 0 unspecified atom stereocenters. The lowest BCUT2D eigenvalue weighted by Crippen LogP contribution is -2.33. The molecule has 2 heteroatoms. The van der Waals surface area contributed by atoms with Crippen LogP contribution in [0.25, 0.3) is 0 Å². The van der Waals surface area contributed by atoms with Crippen LogP contribution in [0.1, 0.15) is 58.8 Å². The summed E-state index contributed by atoms with van der Waals surface area (Å²) in [5, 5.41) is 0. The van der Waals surface area contributed by atoms with Crippen LogP contribution >= 0.6 is 0 Å². The summed E-state index contributed by atoms with van der Waals surface area (Å²) in [6.07, 6.45) is 10.6. The summed E-state index contributed by atoms with van der Waals surface area (Å²) in [7, 11) is 0. The van der Waals surface area contributed by atoms with E-state index >= 15 is 0 Å². The van der Waals surface area contributed by atoms with Gasteiger partial charge in [-0.2, -0.15) is 0 Å². The van der Waals surface area contributed by atoms with Gasteiger partial charge in [-0.15, -0.1) is 0 Å². The molecule has 0 aromatic heterocycles. The van der Waals surface area contributed by atoms with E-state index in [1.807, 2.05) is 0 Å². The zero-order chi connectivity index (χ0) is 12.6. The molecule has 0 aromatic carbocycles. The largest absolute Gasteiger partial charge is 0.378 e. The number of ether oxygens (including phenoxy) is 1. The van der Waals surface area contributed by atoms with E-state index in [-0.39, 0.29) is 0 Å². The highest BCUT2D eigenvalue weighted by Gasteiger charge is 2.47. The number of hydrogen-bond donors (Lipinski definition) is 0. The molecule has 18 heavy (non-hydrogen) atoms. The van der Waals surface area contributed by atoms with Crippen molar-refractivity contribution in [2.75, 3.05) is 26.2 Å². The Bertz CT molecular complexity index is 289. The molecule has 3 aliphatic rings. The van der Waals surface area contributed by atoms with Crippen molar-refractivity contribution in [1.82, 2.24) is 4.90 Å². The number of hydrogen-bond acceptors (Lipinski definition) is 2. The molecule has 0 amide bonds. The van der Waals surface area contributed by atoms with Crippen molar-refractivity contribution in [3.05, 3.63) is 0 Å². The maximum atomic E-state index is 5.87. The van der Waals surface area contributed by atoms with E-state index in [2.05, 4.69) is 18.7 Å². The van der Waals surface area contributed by atoms with E-state index in [1.54, 1.807) is 0 Å². The van der Waals surface area contributed by atoms with Gasteiger partial charge >= 0.3 is 0 Å². The Kier molecular flexibility index (Phi) is 3.44. The van der Waals surface area contributed by atoms with Crippen molar-refractivity contribution in [3.63, 3.8) is 0 Å². The minimum Gasteiger partial charge on any atom is -0.378 e. The quantitative estimate of drug-likeness (QED) is 0.742. The van der Waals surface area contributed by atoms with Gasteiger partial charge in [0.1, 0.15) is 0 Å². The van der Waals surface area contributed by atoms with Crippen LogP contribution in [0.3, 0.4) is 0 Å². The Morgan fingerprint density at radius 2 is 1.78 bits per heavy atom. The average Bonchev–Trinajstić information content (AvgIpc) is 2.78. The van der Waals surface area contributed by atoms with Crippen molar-refractivity contribution < 1.29 is 4.74 Å². The van der Waals surface area contributed by atoms with Gasteiger partial charge in [-0.3, -0.25) is 0 Å². The Morgan fingerprint density at radius 1 is 1.06 bits per heavy atom. The summed E-state index contributed by atoms with van der Waals surface area (Å²) in [6.45, 7) is 9.34. The van der Waals surface area contributed by atoms with Gasteiger partial charge in [-0.25, -0.2) is 0 Å². The summed E-state index contributed by atoms with van der Waals surface area (Å²) < 4.78 is 5.87. The third-order valence-corrected chi connectivity index (χ3v) is 5.42. The maximum absolute atomic E-state index is 5.87. The van der Waals surface area contributed by atoms with Gasteiger partial charge in [0.05, 0.1) is 12.7 Å². The highest BCUT2D eigenvalue weighted by atomic mass is 16.5. The zero-order valence-electron chi connectivity index (χ0n) is 12.2. The van der Waals surface area contributed by atoms with E-state index in [4.69, 9.17) is 4.74 Å². The van der Waals surface area contributed by atoms with Gasteiger partial charge in [0, 0.05) is 18.5 Å². The van der Waals surface area contributed by atoms with E-state index in [0.717, 1.165) is 12.0 Å². The second-order valence-corrected chi connectivity index (χ2v) is 7.53. The Labute approximate surface area is 112 Å². The van der Waals surface area contributed by atoms with E-state index in [9.17, 15) is 0 Å². The van der Waals surface area contributed by atoms with Crippen molar-refractivity contribution in [3.8, 4) is 0 Å². The maximum Gasteiger partial charge on any atom is 0.0538 e. The van der Waals surface area contributed by atoms with Crippen LogP contribution in [-0.2, 0) is 4.74 Å². The van der Waals surface area contributed by atoms with Gasteiger partial charge in [0.25, 0.3) is 0 Å². The topological polar surface area (TPSA) is 12.5 Å². The van der Waals surface area contributed by atoms with Crippen molar-refractivity contribution in [1.29, 1.82) is 0 Å². The molecule has 1 saturated heterocycles. The van der Waals surface area contributed by atoms with Crippen LogP contribution < -0.4 is 0 Å². The van der Waals surface area contributed by atoms with Gasteiger partial charge in [0.15, 0.2) is 0 Å². The van der Waals surface area contributed by atoms with Crippen LogP contribution in [0.4, 0.5) is 0 Å². The smallest absolute Gasteiger partial charge is 0.0538 e. The van der Waals surface area contributed by atoms with Gasteiger partial charge < -0.3 is 9.64 Å². The molecule has 1 heterocycles. The second-order valence-electron chi connectivity index (χ2n) is 7.53. The van der Waals surface area contributed by atoms with Crippen LogP contribution in [0.2, 0.25) is 0 Å². The summed E-state index contributed by atoms with van der Waals surface area (Å²) in [5.41, 5.74) is 1.27. The van der Waals surface area contributed by atoms with E-state index in [1.165, 1.54) is 64.6 Å². The second kappa shape index (κ2) is 4.79. The van der Waals surface area contributed by atoms with E-state index < -0.39 is 0 Å².